The van der Waals surface area contributed by atoms with Crippen molar-refractivity contribution in [3.8, 4) is 11.3 Å². The third-order valence-electron chi connectivity index (χ3n) is 7.37. The number of sulfonamides is 1. The summed E-state index contributed by atoms with van der Waals surface area (Å²) in [7, 11) is -3.52. The van der Waals surface area contributed by atoms with Crippen LogP contribution < -0.4 is 5.32 Å². The maximum absolute atomic E-state index is 13.8. The number of nitrogens with zero attached hydrogens (tertiary/aromatic N) is 4. The monoisotopic (exact) mass is 585 g/mol. The molecule has 222 valence electrons. The molecule has 1 amide bonds. The lowest BCUT2D eigenvalue weighted by molar-refractivity contribution is -0.138. The Balaban J connectivity index is 1.70. The number of amides is 1. The molecule has 2 aliphatic rings. The van der Waals surface area contributed by atoms with Crippen LogP contribution in [0.4, 0.5) is 13.2 Å². The Morgan fingerprint density at radius 1 is 1.15 bits per heavy atom. The summed E-state index contributed by atoms with van der Waals surface area (Å²) in [6.07, 6.45) is -1.47. The number of alkyl halides is 3. The number of halogens is 3. The minimum atomic E-state index is -4.62. The summed E-state index contributed by atoms with van der Waals surface area (Å²) in [5.74, 6) is -0.284. The first-order valence-corrected chi connectivity index (χ1v) is 15.5. The summed E-state index contributed by atoms with van der Waals surface area (Å²) in [4.78, 5) is 14.4. The smallest absolute Gasteiger partial charge is 0.390 e. The Labute approximate surface area is 233 Å². The lowest BCUT2D eigenvalue weighted by Crippen LogP contribution is -2.37. The van der Waals surface area contributed by atoms with E-state index in [9.17, 15) is 31.5 Å². The standard InChI is InChI=1S/C27H38F3N5O4S/c1-18(2)12-25(37)31-14-20-13-19(6-7-23(20)27(28,29)30)26-22-17-34(40(3,38)39)11-8-24(22)35(32-26)16-21(36)15-33-9-4-5-10-33/h6-7,13,18,21,36H,4-5,8-12,14-17H2,1-3H3,(H,31,37). The van der Waals surface area contributed by atoms with E-state index in [4.69, 9.17) is 5.10 Å². The SMILES string of the molecule is CC(C)CC(=O)NCc1cc(-c2nn(CC(O)CN3CCCC3)c3c2CN(S(C)(=O)=O)CC3)ccc1C(F)(F)F. The molecule has 2 aliphatic heterocycles. The fraction of sp³-hybridized carbons (Fsp3) is 0.630. The molecular weight excluding hydrogens is 547 g/mol. The molecule has 0 radical (unpaired) electrons. The molecule has 2 aromatic rings. The van der Waals surface area contributed by atoms with Crippen molar-refractivity contribution >= 4 is 15.9 Å². The summed E-state index contributed by atoms with van der Waals surface area (Å²) < 4.78 is 69.2. The van der Waals surface area contributed by atoms with Gasteiger partial charge >= 0.3 is 6.18 Å². The normalized spacial score (nSPS) is 17.8. The zero-order chi connectivity index (χ0) is 29.2. The highest BCUT2D eigenvalue weighted by atomic mass is 32.2. The van der Waals surface area contributed by atoms with Gasteiger partial charge in [-0.1, -0.05) is 19.9 Å². The number of aliphatic hydroxyl groups is 1. The maximum Gasteiger partial charge on any atom is 0.416 e. The molecular formula is C27H38F3N5O4S. The highest BCUT2D eigenvalue weighted by Gasteiger charge is 2.35. The number of aromatic nitrogens is 2. The molecule has 4 rings (SSSR count). The molecule has 3 heterocycles. The highest BCUT2D eigenvalue weighted by Crippen LogP contribution is 2.37. The predicted molar refractivity (Wildman–Crippen MR) is 145 cm³/mol. The minimum absolute atomic E-state index is 0.0349. The number of β-amino-alcohol motifs (C(OH)–C–C–N with tert-alkyl or cyclic N) is 1. The summed E-state index contributed by atoms with van der Waals surface area (Å²) in [5, 5.41) is 18.1. The van der Waals surface area contributed by atoms with E-state index < -0.39 is 27.9 Å². The number of fused-ring (bicyclic) bond motifs is 1. The number of hydrogen-bond donors (Lipinski definition) is 2. The minimum Gasteiger partial charge on any atom is -0.390 e. The summed E-state index contributed by atoms with van der Waals surface area (Å²) in [5.41, 5.74) is 1.19. The van der Waals surface area contributed by atoms with Gasteiger partial charge in [-0.05, 0) is 49.5 Å². The molecule has 1 saturated heterocycles. The van der Waals surface area contributed by atoms with Gasteiger partial charge in [0.25, 0.3) is 0 Å². The van der Waals surface area contributed by atoms with E-state index in [0.29, 0.717) is 29.8 Å². The number of carbonyl (C=O) groups excluding carboxylic acids is 1. The Hall–Kier alpha value is -2.48. The molecule has 9 nitrogen and oxygen atoms in total. The first-order chi connectivity index (χ1) is 18.7. The second kappa shape index (κ2) is 12.2. The highest BCUT2D eigenvalue weighted by molar-refractivity contribution is 7.88. The van der Waals surface area contributed by atoms with Crippen LogP contribution in [0.1, 0.15) is 55.5 Å². The molecule has 0 aliphatic carbocycles. The number of nitrogens with one attached hydrogen (secondary N) is 1. The fourth-order valence-corrected chi connectivity index (χ4v) is 6.24. The van der Waals surface area contributed by atoms with Crippen molar-refractivity contribution in [1.82, 2.24) is 24.3 Å². The molecule has 1 aromatic carbocycles. The molecule has 1 fully saturated rings. The third-order valence-corrected chi connectivity index (χ3v) is 8.62. The zero-order valence-corrected chi connectivity index (χ0v) is 24.0. The average Bonchev–Trinajstić information content (AvgIpc) is 3.48. The van der Waals surface area contributed by atoms with Crippen LogP contribution in [-0.2, 0) is 47.0 Å². The van der Waals surface area contributed by atoms with E-state index in [1.807, 2.05) is 13.8 Å². The lowest BCUT2D eigenvalue weighted by atomic mass is 9.97. The van der Waals surface area contributed by atoms with Crippen LogP contribution in [0.5, 0.6) is 0 Å². The number of likely N-dealkylation sites (tertiary alicyclic amines) is 1. The maximum atomic E-state index is 13.8. The fourth-order valence-electron chi connectivity index (χ4n) is 5.45. The van der Waals surface area contributed by atoms with Gasteiger partial charge in [0.1, 0.15) is 0 Å². The molecule has 1 aromatic heterocycles. The van der Waals surface area contributed by atoms with Crippen molar-refractivity contribution < 1.29 is 31.5 Å². The zero-order valence-electron chi connectivity index (χ0n) is 23.2. The van der Waals surface area contributed by atoms with E-state index in [0.717, 1.165) is 43.9 Å². The Morgan fingerprint density at radius 3 is 2.48 bits per heavy atom. The molecule has 1 atom stereocenters. The number of carbonyl (C=O) groups is 1. The largest absolute Gasteiger partial charge is 0.416 e. The summed E-state index contributed by atoms with van der Waals surface area (Å²) >= 11 is 0. The second-order valence-corrected chi connectivity index (χ2v) is 13.2. The molecule has 0 bridgehead atoms. The van der Waals surface area contributed by atoms with Crippen LogP contribution in [0.2, 0.25) is 0 Å². The molecule has 40 heavy (non-hydrogen) atoms. The summed E-state index contributed by atoms with van der Waals surface area (Å²) in [6, 6.07) is 3.67. The van der Waals surface area contributed by atoms with Gasteiger partial charge in [-0.3, -0.25) is 9.48 Å². The van der Waals surface area contributed by atoms with Crippen molar-refractivity contribution in [1.29, 1.82) is 0 Å². The Bertz CT molecular complexity index is 1320. The number of benzene rings is 1. The van der Waals surface area contributed by atoms with Gasteiger partial charge in [-0.15, -0.1) is 0 Å². The summed E-state index contributed by atoms with van der Waals surface area (Å²) in [6.45, 7) is 6.20. The van der Waals surface area contributed by atoms with Gasteiger partial charge in [-0.25, -0.2) is 8.42 Å². The number of hydrogen-bond acceptors (Lipinski definition) is 6. The van der Waals surface area contributed by atoms with E-state index >= 15 is 0 Å². The van der Waals surface area contributed by atoms with Gasteiger partial charge in [0, 0.05) is 55.8 Å². The predicted octanol–water partition coefficient (Wildman–Crippen LogP) is 3.01. The molecule has 2 N–H and O–H groups in total. The van der Waals surface area contributed by atoms with Gasteiger partial charge < -0.3 is 15.3 Å². The van der Waals surface area contributed by atoms with E-state index in [2.05, 4.69) is 10.2 Å². The molecule has 0 spiro atoms. The molecule has 1 unspecified atom stereocenters. The number of aliphatic hydroxyl groups excluding tert-OH is 1. The van der Waals surface area contributed by atoms with Gasteiger partial charge in [0.05, 0.1) is 30.2 Å². The number of rotatable bonds is 10. The van der Waals surface area contributed by atoms with E-state index in [1.54, 1.807) is 4.68 Å². The second-order valence-electron chi connectivity index (χ2n) is 11.2. The molecule has 13 heteroatoms. The van der Waals surface area contributed by atoms with Gasteiger partial charge in [0.15, 0.2) is 0 Å². The van der Waals surface area contributed by atoms with Crippen LogP contribution in [-0.4, -0.2) is 77.0 Å². The van der Waals surface area contributed by atoms with Crippen molar-refractivity contribution in [3.63, 3.8) is 0 Å². The van der Waals surface area contributed by atoms with Crippen molar-refractivity contribution in [2.45, 2.75) is 71.4 Å². The first kappa shape index (κ1) is 30.5. The van der Waals surface area contributed by atoms with E-state index in [-0.39, 0.29) is 50.0 Å². The Morgan fingerprint density at radius 2 is 1.85 bits per heavy atom. The van der Waals surface area contributed by atoms with Crippen LogP contribution in [0.25, 0.3) is 11.3 Å². The third kappa shape index (κ3) is 7.42. The van der Waals surface area contributed by atoms with Crippen LogP contribution in [0.15, 0.2) is 18.2 Å². The first-order valence-electron chi connectivity index (χ1n) is 13.6. The average molecular weight is 586 g/mol. The van der Waals surface area contributed by atoms with Crippen molar-refractivity contribution in [3.05, 3.63) is 40.6 Å². The van der Waals surface area contributed by atoms with Crippen LogP contribution in [0.3, 0.4) is 0 Å². The topological polar surface area (TPSA) is 108 Å². The van der Waals surface area contributed by atoms with E-state index in [1.165, 1.54) is 16.4 Å². The van der Waals surface area contributed by atoms with Crippen molar-refractivity contribution in [2.75, 3.05) is 32.4 Å². The molecule has 0 saturated carbocycles. The lowest BCUT2D eigenvalue weighted by Gasteiger charge is -2.26. The van der Waals surface area contributed by atoms with Crippen molar-refractivity contribution in [2.24, 2.45) is 5.92 Å². The Kier molecular flexibility index (Phi) is 9.28. The quantitative estimate of drug-likeness (QED) is 0.444. The van der Waals surface area contributed by atoms with Gasteiger partial charge in [-0.2, -0.15) is 22.6 Å². The van der Waals surface area contributed by atoms with Crippen LogP contribution in [0, 0.1) is 5.92 Å². The van der Waals surface area contributed by atoms with Crippen LogP contribution >= 0.6 is 0 Å². The van der Waals surface area contributed by atoms with Gasteiger partial charge in [0.2, 0.25) is 15.9 Å².